The van der Waals surface area contributed by atoms with Gasteiger partial charge in [-0.1, -0.05) is 29.4 Å². The zero-order valence-corrected chi connectivity index (χ0v) is 19.7. The molecule has 0 bridgehead atoms. The van der Waals surface area contributed by atoms with Crippen LogP contribution < -0.4 is 19.5 Å². The van der Waals surface area contributed by atoms with Crippen molar-refractivity contribution in [1.82, 2.24) is 10.5 Å². The lowest BCUT2D eigenvalue weighted by Gasteiger charge is -2.14. The Hall–Kier alpha value is -3.74. The van der Waals surface area contributed by atoms with Crippen LogP contribution in [0.3, 0.4) is 0 Å². The minimum atomic E-state index is -0.202. The molecule has 0 aliphatic rings. The normalized spacial score (nSPS) is 11.1. The number of aromatic nitrogens is 1. The molecule has 0 spiro atoms. The third kappa shape index (κ3) is 6.62. The number of hydrogen-bond acceptors (Lipinski definition) is 6. The molecule has 0 saturated carbocycles. The van der Waals surface area contributed by atoms with E-state index in [2.05, 4.69) is 10.5 Å². The topological polar surface area (TPSA) is 82.8 Å². The van der Waals surface area contributed by atoms with Crippen LogP contribution in [0.1, 0.15) is 42.0 Å². The Balaban J connectivity index is 1.60. The summed E-state index contributed by atoms with van der Waals surface area (Å²) >= 11 is 0. The summed E-state index contributed by atoms with van der Waals surface area (Å²) in [5.74, 6) is 2.47. The highest BCUT2D eigenvalue weighted by Crippen LogP contribution is 2.30. The van der Waals surface area contributed by atoms with Crippen LogP contribution in [0.15, 0.2) is 53.1 Å². The molecular formula is C26H30N2O5. The Morgan fingerprint density at radius 1 is 1.12 bits per heavy atom. The van der Waals surface area contributed by atoms with E-state index in [1.54, 1.807) is 13.2 Å². The van der Waals surface area contributed by atoms with Crippen molar-refractivity contribution in [3.8, 4) is 17.2 Å². The highest BCUT2D eigenvalue weighted by molar-refractivity contribution is 5.91. The van der Waals surface area contributed by atoms with Crippen molar-refractivity contribution in [3.05, 3.63) is 76.7 Å². The summed E-state index contributed by atoms with van der Waals surface area (Å²) in [5.41, 5.74) is 3.46. The first-order valence-electron chi connectivity index (χ1n) is 10.8. The van der Waals surface area contributed by atoms with Crippen molar-refractivity contribution >= 4 is 12.0 Å². The van der Waals surface area contributed by atoms with Gasteiger partial charge in [0.2, 0.25) is 5.91 Å². The summed E-state index contributed by atoms with van der Waals surface area (Å²) in [6, 6.07) is 13.2. The van der Waals surface area contributed by atoms with E-state index in [9.17, 15) is 4.79 Å². The van der Waals surface area contributed by atoms with Gasteiger partial charge in [0.25, 0.3) is 0 Å². The summed E-state index contributed by atoms with van der Waals surface area (Å²) in [6.07, 6.45) is 3.28. The standard InChI is InChI=1S/C26H30N2O5/c1-17(2)32-23-9-7-6-8-21(23)15-27-26(29)13-11-20-10-12-24(25(14-20)30-5)31-16-22-18(3)28-33-19(22)4/h6-14,17H,15-16H2,1-5H3,(H,27,29). The summed E-state index contributed by atoms with van der Waals surface area (Å²) < 4.78 is 22.3. The molecule has 7 heteroatoms. The van der Waals surface area contributed by atoms with Crippen LogP contribution in [0.25, 0.3) is 6.08 Å². The van der Waals surface area contributed by atoms with Crippen molar-refractivity contribution in [2.24, 2.45) is 0 Å². The number of methoxy groups -OCH3 is 1. The predicted octanol–water partition coefficient (Wildman–Crippen LogP) is 5.00. The number of rotatable bonds is 10. The van der Waals surface area contributed by atoms with E-state index in [0.717, 1.165) is 33.9 Å². The molecule has 1 aromatic heterocycles. The number of hydrogen-bond donors (Lipinski definition) is 1. The number of ether oxygens (including phenoxy) is 3. The average Bonchev–Trinajstić information content (AvgIpc) is 3.12. The lowest BCUT2D eigenvalue weighted by Crippen LogP contribution is -2.21. The maximum Gasteiger partial charge on any atom is 0.244 e. The van der Waals surface area contributed by atoms with Gasteiger partial charge in [-0.3, -0.25) is 4.79 Å². The Morgan fingerprint density at radius 3 is 2.61 bits per heavy atom. The largest absolute Gasteiger partial charge is 0.493 e. The van der Waals surface area contributed by atoms with Crippen molar-refractivity contribution in [3.63, 3.8) is 0 Å². The van der Waals surface area contributed by atoms with Gasteiger partial charge in [0.1, 0.15) is 18.1 Å². The molecule has 0 radical (unpaired) electrons. The fourth-order valence-corrected chi connectivity index (χ4v) is 3.20. The number of para-hydroxylation sites is 1. The zero-order valence-electron chi connectivity index (χ0n) is 19.7. The van der Waals surface area contributed by atoms with E-state index in [0.29, 0.717) is 24.7 Å². The van der Waals surface area contributed by atoms with Gasteiger partial charge >= 0.3 is 0 Å². The van der Waals surface area contributed by atoms with Gasteiger partial charge in [0.15, 0.2) is 11.5 Å². The van der Waals surface area contributed by atoms with E-state index in [1.807, 2.05) is 70.2 Å². The lowest BCUT2D eigenvalue weighted by molar-refractivity contribution is -0.116. The smallest absolute Gasteiger partial charge is 0.244 e. The molecule has 0 aliphatic heterocycles. The molecule has 0 saturated heterocycles. The fraction of sp³-hybridized carbons (Fsp3) is 0.308. The molecule has 7 nitrogen and oxygen atoms in total. The number of nitrogens with one attached hydrogen (secondary N) is 1. The van der Waals surface area contributed by atoms with E-state index in [-0.39, 0.29) is 12.0 Å². The summed E-state index contributed by atoms with van der Waals surface area (Å²) in [6.45, 7) is 8.38. The van der Waals surface area contributed by atoms with Gasteiger partial charge in [-0.25, -0.2) is 0 Å². The molecule has 2 aromatic carbocycles. The molecule has 1 heterocycles. The number of nitrogens with zero attached hydrogens (tertiary/aromatic N) is 1. The Morgan fingerprint density at radius 2 is 1.91 bits per heavy atom. The molecule has 0 fully saturated rings. The van der Waals surface area contributed by atoms with Crippen molar-refractivity contribution in [1.29, 1.82) is 0 Å². The highest BCUT2D eigenvalue weighted by atomic mass is 16.5. The van der Waals surface area contributed by atoms with Gasteiger partial charge in [-0.2, -0.15) is 0 Å². The van der Waals surface area contributed by atoms with Gasteiger partial charge in [-0.05, 0) is 57.5 Å². The molecule has 3 aromatic rings. The van der Waals surface area contributed by atoms with E-state index >= 15 is 0 Å². The van der Waals surface area contributed by atoms with Crippen molar-refractivity contribution in [2.45, 2.75) is 47.0 Å². The van der Waals surface area contributed by atoms with Gasteiger partial charge in [0.05, 0.1) is 24.5 Å². The second kappa shape index (κ2) is 11.2. The first-order valence-corrected chi connectivity index (χ1v) is 10.8. The maximum absolute atomic E-state index is 12.3. The maximum atomic E-state index is 12.3. The van der Waals surface area contributed by atoms with Crippen molar-refractivity contribution < 1.29 is 23.5 Å². The second-order valence-electron chi connectivity index (χ2n) is 7.83. The SMILES string of the molecule is COc1cc(C=CC(=O)NCc2ccccc2OC(C)C)ccc1OCc1c(C)noc1C. The lowest BCUT2D eigenvalue weighted by atomic mass is 10.1. The van der Waals surface area contributed by atoms with Crippen LogP contribution >= 0.6 is 0 Å². The Kier molecular flexibility index (Phi) is 8.13. The molecule has 1 amide bonds. The first-order chi connectivity index (χ1) is 15.9. The molecular weight excluding hydrogens is 420 g/mol. The summed E-state index contributed by atoms with van der Waals surface area (Å²) in [4.78, 5) is 12.3. The second-order valence-corrected chi connectivity index (χ2v) is 7.83. The van der Waals surface area contributed by atoms with Gasteiger partial charge in [0, 0.05) is 18.2 Å². The van der Waals surface area contributed by atoms with Gasteiger partial charge in [-0.15, -0.1) is 0 Å². The molecule has 1 N–H and O–H groups in total. The number of carbonyl (C=O) groups excluding carboxylic acids is 1. The molecule has 0 atom stereocenters. The van der Waals surface area contributed by atoms with Crippen LogP contribution in [-0.4, -0.2) is 24.3 Å². The number of carbonyl (C=O) groups is 1. The molecule has 0 unspecified atom stereocenters. The third-order valence-electron chi connectivity index (χ3n) is 4.96. The van der Waals surface area contributed by atoms with E-state index in [4.69, 9.17) is 18.7 Å². The quantitative estimate of drug-likeness (QED) is 0.438. The molecule has 174 valence electrons. The monoisotopic (exact) mass is 450 g/mol. The number of amides is 1. The zero-order chi connectivity index (χ0) is 23.8. The average molecular weight is 451 g/mol. The first kappa shape index (κ1) is 23.9. The number of aryl methyl sites for hydroxylation is 2. The van der Waals surface area contributed by atoms with Crippen LogP contribution in [0, 0.1) is 13.8 Å². The Bertz CT molecular complexity index is 1100. The number of benzene rings is 2. The summed E-state index contributed by atoms with van der Waals surface area (Å²) in [7, 11) is 1.58. The van der Waals surface area contributed by atoms with Crippen LogP contribution in [-0.2, 0) is 17.9 Å². The third-order valence-corrected chi connectivity index (χ3v) is 4.96. The highest BCUT2D eigenvalue weighted by Gasteiger charge is 2.12. The Labute approximate surface area is 194 Å². The minimum Gasteiger partial charge on any atom is -0.493 e. The van der Waals surface area contributed by atoms with Crippen LogP contribution in [0.5, 0.6) is 17.2 Å². The minimum absolute atomic E-state index is 0.0630. The summed E-state index contributed by atoms with van der Waals surface area (Å²) in [5, 5.41) is 6.83. The van der Waals surface area contributed by atoms with E-state index < -0.39 is 0 Å². The van der Waals surface area contributed by atoms with Crippen LogP contribution in [0.2, 0.25) is 0 Å². The fourth-order valence-electron chi connectivity index (χ4n) is 3.20. The van der Waals surface area contributed by atoms with Crippen molar-refractivity contribution in [2.75, 3.05) is 7.11 Å². The van der Waals surface area contributed by atoms with Crippen LogP contribution in [0.4, 0.5) is 0 Å². The predicted molar refractivity (Wildman–Crippen MR) is 126 cm³/mol. The van der Waals surface area contributed by atoms with Gasteiger partial charge < -0.3 is 24.1 Å². The molecule has 33 heavy (non-hydrogen) atoms. The van der Waals surface area contributed by atoms with E-state index in [1.165, 1.54) is 6.08 Å². The molecule has 3 rings (SSSR count). The molecule has 0 aliphatic carbocycles.